The Kier molecular flexibility index (Phi) is 8.49. The summed E-state index contributed by atoms with van der Waals surface area (Å²) in [5.74, 6) is 1.07. The summed E-state index contributed by atoms with van der Waals surface area (Å²) in [6, 6.07) is 0. The highest BCUT2D eigenvalue weighted by Crippen LogP contribution is 2.52. The second kappa shape index (κ2) is 10.9. The van der Waals surface area contributed by atoms with Gasteiger partial charge in [-0.25, -0.2) is 4.98 Å². The molecule has 0 radical (unpaired) electrons. The minimum Gasteiger partial charge on any atom is -0.357 e. The van der Waals surface area contributed by atoms with Crippen molar-refractivity contribution in [1.82, 2.24) is 20.5 Å². The Labute approximate surface area is 205 Å². The monoisotopic (exact) mass is 557 g/mol. The molecule has 7 nitrogen and oxygen atoms in total. The number of carbonyl (C=O) groups is 2. The van der Waals surface area contributed by atoms with Gasteiger partial charge in [-0.05, 0) is 51.4 Å². The third kappa shape index (κ3) is 5.30. The van der Waals surface area contributed by atoms with Gasteiger partial charge < -0.3 is 10.6 Å². The van der Waals surface area contributed by atoms with E-state index in [0.717, 1.165) is 50.4 Å². The molecular formula is C22H32IN5O2S. The highest BCUT2D eigenvalue weighted by Gasteiger charge is 2.58. The van der Waals surface area contributed by atoms with Gasteiger partial charge in [-0.1, -0.05) is 12.2 Å². The molecule has 2 bridgehead atoms. The molecule has 2 heterocycles. The average molecular weight is 558 g/mol. The van der Waals surface area contributed by atoms with Crippen LogP contribution < -0.4 is 10.6 Å². The van der Waals surface area contributed by atoms with Gasteiger partial charge in [-0.2, -0.15) is 0 Å². The van der Waals surface area contributed by atoms with Gasteiger partial charge in [0.15, 0.2) is 5.96 Å². The summed E-state index contributed by atoms with van der Waals surface area (Å²) in [6.45, 7) is 6.47. The van der Waals surface area contributed by atoms with Gasteiger partial charge in [0.1, 0.15) is 0 Å². The number of allylic oxidation sites excluding steroid dienone is 2. The lowest BCUT2D eigenvalue weighted by Gasteiger charge is -2.18. The number of halogens is 1. The number of guanidine groups is 1. The number of thiazole rings is 1. The number of nitrogens with zero attached hydrogens (tertiary/aromatic N) is 3. The number of amides is 2. The van der Waals surface area contributed by atoms with Gasteiger partial charge in [0.25, 0.3) is 0 Å². The van der Waals surface area contributed by atoms with Crippen LogP contribution >= 0.6 is 35.3 Å². The zero-order valence-corrected chi connectivity index (χ0v) is 21.3. The van der Waals surface area contributed by atoms with Gasteiger partial charge in [0.2, 0.25) is 11.8 Å². The van der Waals surface area contributed by atoms with Crippen LogP contribution in [0.2, 0.25) is 0 Å². The van der Waals surface area contributed by atoms with Crippen LogP contribution in [0, 0.1) is 30.6 Å². The van der Waals surface area contributed by atoms with E-state index >= 15 is 0 Å². The van der Waals surface area contributed by atoms with Gasteiger partial charge in [0.05, 0.1) is 16.8 Å². The fourth-order valence-electron chi connectivity index (χ4n) is 4.91. The Morgan fingerprint density at radius 3 is 2.52 bits per heavy atom. The largest absolute Gasteiger partial charge is 0.357 e. The van der Waals surface area contributed by atoms with Crippen LogP contribution in [0.3, 0.4) is 0 Å². The number of aliphatic imine (C=N–C) groups is 1. The summed E-state index contributed by atoms with van der Waals surface area (Å²) in [6.07, 6.45) is 8.28. The van der Waals surface area contributed by atoms with E-state index in [1.807, 2.05) is 13.8 Å². The maximum atomic E-state index is 12.7. The Morgan fingerprint density at radius 1 is 1.19 bits per heavy atom. The predicted octanol–water partition coefficient (Wildman–Crippen LogP) is 2.75. The molecule has 31 heavy (non-hydrogen) atoms. The van der Waals surface area contributed by atoms with Crippen molar-refractivity contribution in [3.8, 4) is 0 Å². The van der Waals surface area contributed by atoms with E-state index in [0.29, 0.717) is 13.1 Å². The lowest BCUT2D eigenvalue weighted by atomic mass is 9.85. The number of fused-ring (bicyclic) bond motifs is 5. The van der Waals surface area contributed by atoms with Crippen LogP contribution in [0.25, 0.3) is 0 Å². The van der Waals surface area contributed by atoms with Crippen molar-refractivity contribution < 1.29 is 9.59 Å². The van der Waals surface area contributed by atoms with Crippen molar-refractivity contribution in [3.05, 3.63) is 28.2 Å². The first-order valence-corrected chi connectivity index (χ1v) is 11.9. The van der Waals surface area contributed by atoms with E-state index in [-0.39, 0.29) is 59.5 Å². The Bertz CT molecular complexity index is 825. The van der Waals surface area contributed by atoms with Crippen LogP contribution in [0.1, 0.15) is 36.9 Å². The van der Waals surface area contributed by atoms with Crippen LogP contribution in [0.5, 0.6) is 0 Å². The van der Waals surface area contributed by atoms with Crippen LogP contribution in [-0.4, -0.2) is 53.8 Å². The Morgan fingerprint density at radius 2 is 1.90 bits per heavy atom. The Balaban J connectivity index is 0.00000272. The van der Waals surface area contributed by atoms with Gasteiger partial charge >= 0.3 is 0 Å². The van der Waals surface area contributed by atoms with Crippen molar-refractivity contribution in [2.75, 3.05) is 26.2 Å². The highest BCUT2D eigenvalue weighted by molar-refractivity contribution is 14.0. The molecule has 0 spiro atoms. The quantitative estimate of drug-likeness (QED) is 0.122. The van der Waals surface area contributed by atoms with Gasteiger partial charge in [-0.3, -0.25) is 19.5 Å². The molecule has 2 fully saturated rings. The molecule has 1 saturated carbocycles. The smallest absolute Gasteiger partial charge is 0.233 e. The van der Waals surface area contributed by atoms with E-state index in [1.165, 1.54) is 9.91 Å². The number of rotatable bonds is 9. The zero-order valence-electron chi connectivity index (χ0n) is 18.2. The summed E-state index contributed by atoms with van der Waals surface area (Å²) < 4.78 is 0. The molecule has 4 rings (SSSR count). The number of likely N-dealkylation sites (tertiary alicyclic amines) is 1. The molecule has 2 aliphatic carbocycles. The van der Waals surface area contributed by atoms with Crippen molar-refractivity contribution >= 4 is 53.1 Å². The minimum atomic E-state index is -0.115. The van der Waals surface area contributed by atoms with Gasteiger partial charge in [0, 0.05) is 37.3 Å². The summed E-state index contributed by atoms with van der Waals surface area (Å²) in [5, 5.41) is 9.79. The van der Waals surface area contributed by atoms with E-state index in [9.17, 15) is 9.59 Å². The number of aromatic nitrogens is 1. The van der Waals surface area contributed by atoms with Crippen molar-refractivity contribution in [3.63, 3.8) is 0 Å². The maximum absolute atomic E-state index is 12.7. The lowest BCUT2D eigenvalue weighted by molar-refractivity contribution is -0.140. The predicted molar refractivity (Wildman–Crippen MR) is 134 cm³/mol. The first-order chi connectivity index (χ1) is 14.6. The normalized spacial score (nSPS) is 26.4. The number of hydrogen-bond acceptors (Lipinski definition) is 5. The molecule has 1 aromatic rings. The molecule has 2 N–H and O–H groups in total. The molecule has 1 aromatic heterocycles. The molecule has 1 saturated heterocycles. The number of hydrogen-bond donors (Lipinski definition) is 2. The standard InChI is InChI=1S/C22H31N5O2S.HI/c1-3-23-22(24-9-5-4-6-17-26-14(2)13-30-17)25-10-11-27-20(28)18-15-7-8-16(12-15)19(18)21(27)29;/h7-8,13,15-16,18-19H,3-6,9-12H2,1-2H3,(H2,23,24,25);1H. The van der Waals surface area contributed by atoms with E-state index in [4.69, 9.17) is 0 Å². The van der Waals surface area contributed by atoms with E-state index in [2.05, 4.69) is 38.1 Å². The molecule has 170 valence electrons. The fraction of sp³-hybridized carbons (Fsp3) is 0.636. The number of imide groups is 1. The highest BCUT2D eigenvalue weighted by atomic mass is 127. The van der Waals surface area contributed by atoms with Gasteiger partial charge in [-0.15, -0.1) is 35.3 Å². The van der Waals surface area contributed by atoms with E-state index in [1.54, 1.807) is 11.3 Å². The van der Waals surface area contributed by atoms with Crippen LogP contribution in [0.4, 0.5) is 0 Å². The molecule has 1 aliphatic heterocycles. The molecule has 9 heteroatoms. The summed E-state index contributed by atoms with van der Waals surface area (Å²) in [4.78, 5) is 36.1. The minimum absolute atomic E-state index is 0. The molecule has 3 aliphatic rings. The summed E-state index contributed by atoms with van der Waals surface area (Å²) >= 11 is 1.72. The molecule has 4 unspecified atom stereocenters. The lowest BCUT2D eigenvalue weighted by Crippen LogP contribution is -2.43. The van der Waals surface area contributed by atoms with Crippen molar-refractivity contribution in [2.45, 2.75) is 39.5 Å². The summed E-state index contributed by atoms with van der Waals surface area (Å²) in [5.41, 5.74) is 1.09. The average Bonchev–Trinajstić information content (AvgIpc) is 3.49. The molecule has 2 amide bonds. The second-order valence-corrected chi connectivity index (χ2v) is 9.30. The topological polar surface area (TPSA) is 86.7 Å². The second-order valence-electron chi connectivity index (χ2n) is 8.36. The summed E-state index contributed by atoms with van der Waals surface area (Å²) in [7, 11) is 0. The SMILES string of the molecule is CCNC(=NCCCCc1nc(C)cs1)NCCN1C(=O)C2C3C=CC(C3)C2C1=O.I. The fourth-order valence-corrected chi connectivity index (χ4v) is 5.73. The maximum Gasteiger partial charge on any atom is 0.233 e. The number of unbranched alkanes of at least 4 members (excludes halogenated alkanes) is 1. The number of nitrogens with one attached hydrogen (secondary N) is 2. The number of carbonyl (C=O) groups excluding carboxylic acids is 2. The Hall–Kier alpha value is -1.49. The zero-order chi connectivity index (χ0) is 21.1. The first-order valence-electron chi connectivity index (χ1n) is 11.0. The van der Waals surface area contributed by atoms with Crippen LogP contribution in [0.15, 0.2) is 22.5 Å². The molecular weight excluding hydrogens is 525 g/mol. The van der Waals surface area contributed by atoms with Crippen molar-refractivity contribution in [2.24, 2.45) is 28.7 Å². The molecule has 0 aromatic carbocycles. The van der Waals surface area contributed by atoms with E-state index < -0.39 is 0 Å². The first kappa shape index (κ1) is 24.2. The number of aryl methyl sites for hydroxylation is 2. The van der Waals surface area contributed by atoms with Crippen LogP contribution in [-0.2, 0) is 16.0 Å². The van der Waals surface area contributed by atoms with Crippen molar-refractivity contribution in [1.29, 1.82) is 0 Å². The third-order valence-corrected chi connectivity index (χ3v) is 7.30. The molecule has 4 atom stereocenters. The third-order valence-electron chi connectivity index (χ3n) is 6.27.